The Balaban J connectivity index is 1.44. The second-order valence-electron chi connectivity index (χ2n) is 8.52. The summed E-state index contributed by atoms with van der Waals surface area (Å²) >= 11 is 1.72. The predicted molar refractivity (Wildman–Crippen MR) is 120 cm³/mol. The molecule has 28 heavy (non-hydrogen) atoms. The lowest BCUT2D eigenvalue weighted by atomic mass is 9.93. The number of likely N-dealkylation sites (N-methyl/N-ethyl adjacent to an activating group) is 1. The van der Waals surface area contributed by atoms with Crippen LogP contribution in [0.3, 0.4) is 0 Å². The van der Waals surface area contributed by atoms with E-state index < -0.39 is 0 Å². The van der Waals surface area contributed by atoms with E-state index in [0.717, 1.165) is 19.1 Å². The lowest BCUT2D eigenvalue weighted by Gasteiger charge is -2.37. The smallest absolute Gasteiger partial charge is 0.246 e. The molecule has 156 valence electrons. The van der Waals surface area contributed by atoms with Crippen LogP contribution >= 0.6 is 11.3 Å². The van der Waals surface area contributed by atoms with Crippen molar-refractivity contribution in [1.29, 1.82) is 0 Å². The van der Waals surface area contributed by atoms with Crippen molar-refractivity contribution in [2.24, 2.45) is 5.92 Å². The molecule has 3 rings (SSSR count). The van der Waals surface area contributed by atoms with Gasteiger partial charge in [-0.3, -0.25) is 4.79 Å². The van der Waals surface area contributed by atoms with Crippen molar-refractivity contribution in [2.45, 2.75) is 83.7 Å². The normalized spacial score (nSPS) is 21.3. The van der Waals surface area contributed by atoms with E-state index in [0.29, 0.717) is 5.92 Å². The van der Waals surface area contributed by atoms with Crippen LogP contribution in [0.5, 0.6) is 0 Å². The maximum absolute atomic E-state index is 12.6. The summed E-state index contributed by atoms with van der Waals surface area (Å²) < 4.78 is 0. The third-order valence-corrected chi connectivity index (χ3v) is 7.41. The zero-order chi connectivity index (χ0) is 19.6. The molecule has 0 bridgehead atoms. The number of nitrogens with zero attached hydrogens (tertiary/aromatic N) is 2. The first-order valence-electron chi connectivity index (χ1n) is 11.5. The van der Waals surface area contributed by atoms with Gasteiger partial charge in [0.1, 0.15) is 0 Å². The highest BCUT2D eigenvalue weighted by molar-refractivity contribution is 7.09. The molecule has 0 radical (unpaired) electrons. The van der Waals surface area contributed by atoms with Gasteiger partial charge in [0.25, 0.3) is 0 Å². The summed E-state index contributed by atoms with van der Waals surface area (Å²) in [6.45, 7) is 5.98. The SMILES string of the molecule is CCN(Cc1cccs1)C(=O)/C=C/C1CCN(C2CCCCCCCC2)CC1. The molecule has 0 atom stereocenters. The molecule has 1 aromatic rings. The van der Waals surface area contributed by atoms with Crippen molar-refractivity contribution in [3.63, 3.8) is 0 Å². The lowest BCUT2D eigenvalue weighted by molar-refractivity contribution is -0.126. The molecule has 0 aromatic carbocycles. The molecule has 3 nitrogen and oxygen atoms in total. The van der Waals surface area contributed by atoms with Crippen LogP contribution in [-0.2, 0) is 11.3 Å². The Kier molecular flexibility index (Phi) is 9.07. The van der Waals surface area contributed by atoms with Crippen LogP contribution in [0.4, 0.5) is 0 Å². The zero-order valence-corrected chi connectivity index (χ0v) is 18.5. The van der Waals surface area contributed by atoms with E-state index in [2.05, 4.69) is 35.4 Å². The van der Waals surface area contributed by atoms with Crippen LogP contribution in [0.25, 0.3) is 0 Å². The summed E-state index contributed by atoms with van der Waals surface area (Å²) in [5.74, 6) is 0.728. The molecule has 1 aliphatic carbocycles. The zero-order valence-electron chi connectivity index (χ0n) is 17.7. The molecule has 2 heterocycles. The number of hydrogen-bond acceptors (Lipinski definition) is 3. The monoisotopic (exact) mass is 402 g/mol. The van der Waals surface area contributed by atoms with E-state index in [-0.39, 0.29) is 5.91 Å². The average molecular weight is 403 g/mol. The molecule has 1 saturated carbocycles. The van der Waals surface area contributed by atoms with Gasteiger partial charge in [-0.05, 0) is 69.1 Å². The summed E-state index contributed by atoms with van der Waals surface area (Å²) in [5.41, 5.74) is 0. The maximum atomic E-state index is 12.6. The van der Waals surface area contributed by atoms with Gasteiger partial charge < -0.3 is 9.80 Å². The number of piperidine rings is 1. The van der Waals surface area contributed by atoms with Crippen LogP contribution in [0, 0.1) is 5.92 Å². The van der Waals surface area contributed by atoms with Crippen LogP contribution in [0.2, 0.25) is 0 Å². The molecule has 1 saturated heterocycles. The largest absolute Gasteiger partial charge is 0.334 e. The Morgan fingerprint density at radius 3 is 2.39 bits per heavy atom. The van der Waals surface area contributed by atoms with Crippen LogP contribution in [-0.4, -0.2) is 41.4 Å². The van der Waals surface area contributed by atoms with Crippen LogP contribution in [0.1, 0.15) is 76.0 Å². The molecule has 0 spiro atoms. The maximum Gasteiger partial charge on any atom is 0.246 e. The van der Waals surface area contributed by atoms with Gasteiger partial charge in [-0.2, -0.15) is 0 Å². The average Bonchev–Trinajstić information content (AvgIpc) is 3.27. The molecule has 1 amide bonds. The van der Waals surface area contributed by atoms with E-state index in [1.54, 1.807) is 11.3 Å². The van der Waals surface area contributed by atoms with E-state index >= 15 is 0 Å². The second kappa shape index (κ2) is 11.8. The van der Waals surface area contributed by atoms with Crippen LogP contribution in [0.15, 0.2) is 29.7 Å². The Hall–Kier alpha value is -1.13. The topological polar surface area (TPSA) is 23.6 Å². The Morgan fingerprint density at radius 2 is 1.79 bits per heavy atom. The van der Waals surface area contributed by atoms with Crippen molar-refractivity contribution < 1.29 is 4.79 Å². The minimum absolute atomic E-state index is 0.162. The summed E-state index contributed by atoms with van der Waals surface area (Å²) in [5, 5.41) is 2.08. The van der Waals surface area contributed by atoms with Gasteiger partial charge in [0, 0.05) is 17.5 Å². The van der Waals surface area contributed by atoms with Gasteiger partial charge in [-0.15, -0.1) is 11.3 Å². The fourth-order valence-electron chi connectivity index (χ4n) is 4.71. The lowest BCUT2D eigenvalue weighted by Crippen LogP contribution is -2.41. The number of thiophene rings is 1. The van der Waals surface area contributed by atoms with E-state index in [1.165, 1.54) is 82.2 Å². The summed E-state index contributed by atoms with van der Waals surface area (Å²) in [6, 6.07) is 4.98. The highest BCUT2D eigenvalue weighted by atomic mass is 32.1. The van der Waals surface area contributed by atoms with Gasteiger partial charge in [-0.25, -0.2) is 0 Å². The fourth-order valence-corrected chi connectivity index (χ4v) is 5.43. The molecule has 2 aliphatic rings. The first kappa shape index (κ1) is 21.6. The quantitative estimate of drug-likeness (QED) is 0.556. The Morgan fingerprint density at radius 1 is 1.11 bits per heavy atom. The van der Waals surface area contributed by atoms with E-state index in [4.69, 9.17) is 0 Å². The van der Waals surface area contributed by atoms with Crippen LogP contribution < -0.4 is 0 Å². The van der Waals surface area contributed by atoms with Gasteiger partial charge >= 0.3 is 0 Å². The number of amides is 1. The van der Waals surface area contributed by atoms with Gasteiger partial charge in [0.15, 0.2) is 0 Å². The van der Waals surface area contributed by atoms with Crippen molar-refractivity contribution in [3.05, 3.63) is 34.5 Å². The van der Waals surface area contributed by atoms with Crippen molar-refractivity contribution >= 4 is 17.2 Å². The molecule has 1 aromatic heterocycles. The number of carbonyl (C=O) groups is 1. The third kappa shape index (κ3) is 6.73. The highest BCUT2D eigenvalue weighted by Gasteiger charge is 2.24. The van der Waals surface area contributed by atoms with Crippen molar-refractivity contribution in [3.8, 4) is 0 Å². The Bertz CT molecular complexity index is 580. The minimum atomic E-state index is 0.162. The molecular weight excluding hydrogens is 364 g/mol. The molecule has 0 N–H and O–H groups in total. The molecule has 1 aliphatic heterocycles. The van der Waals surface area contributed by atoms with E-state index in [9.17, 15) is 4.79 Å². The summed E-state index contributed by atoms with van der Waals surface area (Å²) in [7, 11) is 0. The molecular formula is C24H38N2OS. The number of likely N-dealkylation sites (tertiary alicyclic amines) is 1. The molecule has 4 heteroatoms. The molecule has 2 fully saturated rings. The third-order valence-electron chi connectivity index (χ3n) is 6.55. The van der Waals surface area contributed by atoms with Gasteiger partial charge in [-0.1, -0.05) is 50.7 Å². The number of rotatable bonds is 6. The van der Waals surface area contributed by atoms with Crippen molar-refractivity contribution in [1.82, 2.24) is 9.80 Å². The van der Waals surface area contributed by atoms with Gasteiger partial charge in [0.2, 0.25) is 5.91 Å². The first-order chi connectivity index (χ1) is 13.8. The number of allylic oxidation sites excluding steroid dienone is 1. The number of carbonyl (C=O) groups excluding carboxylic acids is 1. The second-order valence-corrected chi connectivity index (χ2v) is 9.55. The predicted octanol–water partition coefficient (Wildman–Crippen LogP) is 5.87. The summed E-state index contributed by atoms with van der Waals surface area (Å²) in [6.07, 6.45) is 17.8. The van der Waals surface area contributed by atoms with E-state index in [1.807, 2.05) is 11.0 Å². The van der Waals surface area contributed by atoms with Gasteiger partial charge in [0.05, 0.1) is 6.54 Å². The minimum Gasteiger partial charge on any atom is -0.334 e. The standard InChI is InChI=1S/C24H38N2OS/c1-2-25(20-23-12-9-19-28-23)24(27)14-13-21-15-17-26(18-16-21)22-10-7-5-3-4-6-8-11-22/h9,12-14,19,21-22H,2-8,10-11,15-18,20H2,1H3/b14-13+. The summed E-state index contributed by atoms with van der Waals surface area (Å²) in [4.78, 5) is 18.5. The van der Waals surface area contributed by atoms with Crippen molar-refractivity contribution in [2.75, 3.05) is 19.6 Å². The highest BCUT2D eigenvalue weighted by Crippen LogP contribution is 2.26. The fraction of sp³-hybridized carbons (Fsp3) is 0.708. The number of hydrogen-bond donors (Lipinski definition) is 0. The molecule has 0 unspecified atom stereocenters. The first-order valence-corrected chi connectivity index (χ1v) is 12.4. The Labute approximate surface area is 175 Å².